The molecule has 1 aromatic carbocycles. The predicted octanol–water partition coefficient (Wildman–Crippen LogP) is 2.25. The number of aliphatic hydroxyl groups is 1. The van der Waals surface area contributed by atoms with Crippen molar-refractivity contribution >= 4 is 21.6 Å². The van der Waals surface area contributed by atoms with Crippen LogP contribution in [-0.4, -0.2) is 30.9 Å². The summed E-state index contributed by atoms with van der Waals surface area (Å²) < 4.78 is 26.5. The Labute approximate surface area is 119 Å². The average molecular weight is 304 g/mol. The molecule has 6 heteroatoms. The fraction of sp³-hybridized carbons (Fsp3) is 0.538. The van der Waals surface area contributed by atoms with Crippen LogP contribution in [-0.2, 0) is 16.6 Å². The van der Waals surface area contributed by atoms with Gasteiger partial charge < -0.3 is 5.11 Å². The Morgan fingerprint density at radius 3 is 2.84 bits per heavy atom. The third-order valence-corrected chi connectivity index (χ3v) is 5.67. The molecule has 106 valence electrons. The predicted molar refractivity (Wildman–Crippen MR) is 74.5 cm³/mol. The average Bonchev–Trinajstić information content (AvgIpc) is 2.39. The van der Waals surface area contributed by atoms with Gasteiger partial charge in [0.1, 0.15) is 0 Å². The van der Waals surface area contributed by atoms with E-state index in [4.69, 9.17) is 16.7 Å². The summed E-state index contributed by atoms with van der Waals surface area (Å²) in [4.78, 5) is 0.204. The Hall–Kier alpha value is -0.620. The number of aliphatic hydroxyl groups excluding tert-OH is 1. The van der Waals surface area contributed by atoms with Crippen LogP contribution in [0.15, 0.2) is 23.1 Å². The lowest BCUT2D eigenvalue weighted by Crippen LogP contribution is -2.39. The zero-order valence-electron chi connectivity index (χ0n) is 10.8. The van der Waals surface area contributed by atoms with Crippen LogP contribution in [0.2, 0.25) is 5.02 Å². The van der Waals surface area contributed by atoms with Gasteiger partial charge >= 0.3 is 0 Å². The zero-order chi connectivity index (χ0) is 14.0. The summed E-state index contributed by atoms with van der Waals surface area (Å²) in [5, 5.41) is 9.55. The van der Waals surface area contributed by atoms with Crippen LogP contribution in [0.4, 0.5) is 0 Å². The van der Waals surface area contributed by atoms with E-state index in [0.29, 0.717) is 29.6 Å². The monoisotopic (exact) mass is 303 g/mol. The first-order chi connectivity index (χ1) is 8.95. The minimum absolute atomic E-state index is 0.204. The number of benzene rings is 1. The van der Waals surface area contributed by atoms with Crippen LogP contribution in [0.25, 0.3) is 0 Å². The standard InChI is InChI=1S/C13H18ClNO3S/c1-10-3-2-6-15(8-10)19(17,18)12-4-5-13(14)11(7-12)9-16/h4-5,7,10,16H,2-3,6,8-9H2,1H3. The molecule has 4 nitrogen and oxygen atoms in total. The van der Waals surface area contributed by atoms with Gasteiger partial charge in [0.25, 0.3) is 0 Å². The Balaban J connectivity index is 2.33. The Bertz CT molecular complexity index is 559. The Morgan fingerprint density at radius 2 is 2.21 bits per heavy atom. The second kappa shape index (κ2) is 5.79. The van der Waals surface area contributed by atoms with Crippen molar-refractivity contribution in [2.24, 2.45) is 5.92 Å². The van der Waals surface area contributed by atoms with Crippen molar-refractivity contribution < 1.29 is 13.5 Å². The zero-order valence-corrected chi connectivity index (χ0v) is 12.4. The van der Waals surface area contributed by atoms with E-state index in [2.05, 4.69) is 6.92 Å². The van der Waals surface area contributed by atoms with E-state index < -0.39 is 10.0 Å². The number of nitrogens with zero attached hydrogens (tertiary/aromatic N) is 1. The molecule has 1 N–H and O–H groups in total. The third-order valence-electron chi connectivity index (χ3n) is 3.45. The van der Waals surface area contributed by atoms with Gasteiger partial charge in [0.2, 0.25) is 10.0 Å². The van der Waals surface area contributed by atoms with Crippen LogP contribution < -0.4 is 0 Å². The normalized spacial score (nSPS) is 21.5. The first-order valence-corrected chi connectivity index (χ1v) is 8.16. The molecule has 0 bridgehead atoms. The topological polar surface area (TPSA) is 57.6 Å². The molecule has 1 aliphatic rings. The van der Waals surface area contributed by atoms with Crippen molar-refractivity contribution in [3.63, 3.8) is 0 Å². The summed E-state index contributed by atoms with van der Waals surface area (Å²) in [6.45, 7) is 2.91. The highest BCUT2D eigenvalue weighted by Crippen LogP contribution is 2.26. The molecule has 0 amide bonds. The third kappa shape index (κ3) is 3.11. The second-order valence-electron chi connectivity index (χ2n) is 5.02. The van der Waals surface area contributed by atoms with Crippen LogP contribution in [0, 0.1) is 5.92 Å². The molecule has 1 fully saturated rings. The van der Waals surface area contributed by atoms with Crippen molar-refractivity contribution in [2.75, 3.05) is 13.1 Å². The fourth-order valence-electron chi connectivity index (χ4n) is 2.35. The van der Waals surface area contributed by atoms with E-state index in [1.54, 1.807) is 0 Å². The van der Waals surface area contributed by atoms with Gasteiger partial charge in [-0.1, -0.05) is 18.5 Å². The maximum absolute atomic E-state index is 12.5. The van der Waals surface area contributed by atoms with Crippen LogP contribution in [0.5, 0.6) is 0 Å². The highest BCUT2D eigenvalue weighted by molar-refractivity contribution is 7.89. The molecule has 2 rings (SSSR count). The number of rotatable bonds is 3. The van der Waals surface area contributed by atoms with E-state index >= 15 is 0 Å². The summed E-state index contributed by atoms with van der Waals surface area (Å²) in [6.07, 6.45) is 1.95. The van der Waals surface area contributed by atoms with Gasteiger partial charge in [-0.15, -0.1) is 0 Å². The van der Waals surface area contributed by atoms with Gasteiger partial charge in [-0.25, -0.2) is 8.42 Å². The molecule has 1 aromatic rings. The van der Waals surface area contributed by atoms with Crippen molar-refractivity contribution in [2.45, 2.75) is 31.3 Å². The van der Waals surface area contributed by atoms with Crippen molar-refractivity contribution in [1.82, 2.24) is 4.31 Å². The minimum atomic E-state index is -3.48. The first-order valence-electron chi connectivity index (χ1n) is 6.34. The molecule has 0 aromatic heterocycles. The van der Waals surface area contributed by atoms with E-state index in [-0.39, 0.29) is 11.5 Å². The largest absolute Gasteiger partial charge is 0.392 e. The number of hydrogen-bond donors (Lipinski definition) is 1. The van der Waals surface area contributed by atoms with Gasteiger partial charge in [-0.05, 0) is 42.5 Å². The highest BCUT2D eigenvalue weighted by atomic mass is 35.5. The minimum Gasteiger partial charge on any atom is -0.392 e. The first kappa shape index (κ1) is 14.8. The van der Waals surface area contributed by atoms with Gasteiger partial charge in [0.15, 0.2) is 0 Å². The van der Waals surface area contributed by atoms with Crippen LogP contribution in [0.1, 0.15) is 25.3 Å². The lowest BCUT2D eigenvalue weighted by Gasteiger charge is -2.30. The summed E-state index contributed by atoms with van der Waals surface area (Å²) in [6, 6.07) is 4.47. The number of sulfonamides is 1. The fourth-order valence-corrected chi connectivity index (χ4v) is 4.17. The Morgan fingerprint density at radius 1 is 1.47 bits per heavy atom. The van der Waals surface area contributed by atoms with E-state index in [0.717, 1.165) is 12.8 Å². The molecular weight excluding hydrogens is 286 g/mol. The van der Waals surface area contributed by atoms with E-state index in [9.17, 15) is 8.42 Å². The summed E-state index contributed by atoms with van der Waals surface area (Å²) in [7, 11) is -3.48. The van der Waals surface area contributed by atoms with Crippen molar-refractivity contribution in [3.8, 4) is 0 Å². The second-order valence-corrected chi connectivity index (χ2v) is 7.37. The van der Waals surface area contributed by atoms with Gasteiger partial charge in [-0.2, -0.15) is 4.31 Å². The van der Waals surface area contributed by atoms with Crippen LogP contribution in [0.3, 0.4) is 0 Å². The maximum atomic E-state index is 12.5. The molecule has 1 unspecified atom stereocenters. The maximum Gasteiger partial charge on any atom is 0.243 e. The lowest BCUT2D eigenvalue weighted by molar-refractivity contribution is 0.279. The quantitative estimate of drug-likeness (QED) is 0.932. The van der Waals surface area contributed by atoms with E-state index in [1.165, 1.54) is 22.5 Å². The number of piperidine rings is 1. The van der Waals surface area contributed by atoms with E-state index in [1.807, 2.05) is 0 Å². The van der Waals surface area contributed by atoms with Crippen molar-refractivity contribution in [3.05, 3.63) is 28.8 Å². The molecule has 0 radical (unpaired) electrons. The molecule has 1 aliphatic heterocycles. The summed E-state index contributed by atoms with van der Waals surface area (Å²) >= 11 is 5.89. The molecule has 0 aliphatic carbocycles. The van der Waals surface area contributed by atoms with Gasteiger partial charge in [-0.3, -0.25) is 0 Å². The van der Waals surface area contributed by atoms with Crippen LogP contribution >= 0.6 is 11.6 Å². The van der Waals surface area contributed by atoms with Gasteiger partial charge in [0.05, 0.1) is 11.5 Å². The number of hydrogen-bond acceptors (Lipinski definition) is 3. The smallest absolute Gasteiger partial charge is 0.243 e. The lowest BCUT2D eigenvalue weighted by atomic mass is 10.0. The number of halogens is 1. The Kier molecular flexibility index (Phi) is 4.50. The molecule has 0 spiro atoms. The molecular formula is C13H18ClNO3S. The van der Waals surface area contributed by atoms with Crippen molar-refractivity contribution in [1.29, 1.82) is 0 Å². The highest BCUT2D eigenvalue weighted by Gasteiger charge is 2.28. The molecule has 1 heterocycles. The molecule has 0 saturated carbocycles. The summed E-state index contributed by atoms with van der Waals surface area (Å²) in [5.41, 5.74) is 0.438. The summed E-state index contributed by atoms with van der Waals surface area (Å²) in [5.74, 6) is 0.383. The molecule has 1 saturated heterocycles. The molecule has 1 atom stereocenters. The SMILES string of the molecule is CC1CCCN(S(=O)(=O)c2ccc(Cl)c(CO)c2)C1. The van der Waals surface area contributed by atoms with Gasteiger partial charge in [0, 0.05) is 18.1 Å². The molecule has 19 heavy (non-hydrogen) atoms.